The van der Waals surface area contributed by atoms with E-state index in [2.05, 4.69) is 10.6 Å². The molecule has 6 heteroatoms. The minimum Gasteiger partial charge on any atom is -0.352 e. The van der Waals surface area contributed by atoms with Gasteiger partial charge in [0.1, 0.15) is 6.04 Å². The second-order valence-electron chi connectivity index (χ2n) is 3.82. The third-order valence-corrected chi connectivity index (χ3v) is 2.51. The largest absolute Gasteiger partial charge is 0.352 e. The fraction of sp³-hybridized carbons (Fsp3) is 0.778. The summed E-state index contributed by atoms with van der Waals surface area (Å²) in [4.78, 5) is 24.2. The average molecular weight is 214 g/mol. The molecule has 1 unspecified atom stereocenters. The molecule has 3 amide bonds. The van der Waals surface area contributed by atoms with Gasteiger partial charge in [-0.2, -0.15) is 0 Å². The van der Waals surface area contributed by atoms with Gasteiger partial charge in [0.05, 0.1) is 0 Å². The van der Waals surface area contributed by atoms with Crippen LogP contribution in [0.3, 0.4) is 0 Å². The van der Waals surface area contributed by atoms with Crippen LogP contribution >= 0.6 is 0 Å². The van der Waals surface area contributed by atoms with Gasteiger partial charge in [-0.15, -0.1) is 0 Å². The number of nitrogens with two attached hydrogens (primary N) is 1. The van der Waals surface area contributed by atoms with Crippen LogP contribution in [0.1, 0.15) is 13.8 Å². The Morgan fingerprint density at radius 3 is 2.80 bits per heavy atom. The monoisotopic (exact) mass is 214 g/mol. The number of urea groups is 1. The van der Waals surface area contributed by atoms with Crippen molar-refractivity contribution in [3.8, 4) is 0 Å². The summed E-state index contributed by atoms with van der Waals surface area (Å²) in [5.74, 6) is -0.0807. The molecule has 0 aromatic rings. The van der Waals surface area contributed by atoms with Gasteiger partial charge in [0.2, 0.25) is 5.91 Å². The van der Waals surface area contributed by atoms with Crippen LogP contribution in [0.2, 0.25) is 0 Å². The minimum atomic E-state index is -0.668. The van der Waals surface area contributed by atoms with Crippen LogP contribution in [0, 0.1) is 0 Å². The number of hydrogen-bond acceptors (Lipinski definition) is 3. The van der Waals surface area contributed by atoms with Crippen LogP contribution in [0.15, 0.2) is 0 Å². The standard InChI is InChI=1S/C9H18N4O2/c1-6-5-11-3-4-13(6)8(14)7(2)12-9(10)15/h6-7,11H,3-5H2,1-2H3,(H3,10,12,15)/t6-,7?/m0/s1. The minimum absolute atomic E-state index is 0.0807. The predicted octanol–water partition coefficient (Wildman–Crippen LogP) is -1.14. The first-order chi connectivity index (χ1) is 7.02. The molecule has 1 aliphatic rings. The normalized spacial score (nSPS) is 23.3. The van der Waals surface area contributed by atoms with Gasteiger partial charge < -0.3 is 21.3 Å². The van der Waals surface area contributed by atoms with Crippen LogP contribution in [-0.2, 0) is 4.79 Å². The van der Waals surface area contributed by atoms with Crippen molar-refractivity contribution in [2.75, 3.05) is 19.6 Å². The first-order valence-electron chi connectivity index (χ1n) is 5.09. The van der Waals surface area contributed by atoms with Crippen molar-refractivity contribution in [2.24, 2.45) is 5.73 Å². The molecule has 0 aromatic carbocycles. The molecule has 86 valence electrons. The molecule has 0 aromatic heterocycles. The maximum atomic E-state index is 11.9. The maximum absolute atomic E-state index is 11.9. The molecule has 2 atom stereocenters. The Kier molecular flexibility index (Phi) is 3.90. The molecule has 1 fully saturated rings. The van der Waals surface area contributed by atoms with Crippen LogP contribution in [0.25, 0.3) is 0 Å². The lowest BCUT2D eigenvalue weighted by atomic mass is 10.2. The van der Waals surface area contributed by atoms with Crippen molar-refractivity contribution in [3.63, 3.8) is 0 Å². The van der Waals surface area contributed by atoms with E-state index < -0.39 is 12.1 Å². The van der Waals surface area contributed by atoms with Crippen LogP contribution in [0.4, 0.5) is 4.79 Å². The van der Waals surface area contributed by atoms with Crippen molar-refractivity contribution < 1.29 is 9.59 Å². The van der Waals surface area contributed by atoms with E-state index in [0.29, 0.717) is 6.54 Å². The Labute approximate surface area is 89.2 Å². The molecule has 1 aliphatic heterocycles. The van der Waals surface area contributed by atoms with Gasteiger partial charge in [0.25, 0.3) is 0 Å². The van der Waals surface area contributed by atoms with Gasteiger partial charge in [-0.25, -0.2) is 4.79 Å². The van der Waals surface area contributed by atoms with Crippen LogP contribution in [0.5, 0.6) is 0 Å². The SMILES string of the molecule is CC(NC(N)=O)C(=O)N1CCNC[C@@H]1C. The second-order valence-corrected chi connectivity index (χ2v) is 3.82. The highest BCUT2D eigenvalue weighted by atomic mass is 16.2. The highest BCUT2D eigenvalue weighted by Crippen LogP contribution is 2.04. The van der Waals surface area contributed by atoms with E-state index in [0.717, 1.165) is 13.1 Å². The third kappa shape index (κ3) is 3.09. The summed E-state index contributed by atoms with van der Waals surface area (Å²) in [5.41, 5.74) is 4.96. The fourth-order valence-corrected chi connectivity index (χ4v) is 1.69. The van der Waals surface area contributed by atoms with E-state index in [1.165, 1.54) is 0 Å². The first-order valence-corrected chi connectivity index (χ1v) is 5.09. The fourth-order valence-electron chi connectivity index (χ4n) is 1.69. The Morgan fingerprint density at radius 2 is 2.27 bits per heavy atom. The predicted molar refractivity (Wildman–Crippen MR) is 56.2 cm³/mol. The lowest BCUT2D eigenvalue weighted by Crippen LogP contribution is -2.57. The summed E-state index contributed by atoms with van der Waals surface area (Å²) >= 11 is 0. The zero-order valence-electron chi connectivity index (χ0n) is 9.12. The molecule has 4 N–H and O–H groups in total. The average Bonchev–Trinajstić information content (AvgIpc) is 2.16. The van der Waals surface area contributed by atoms with Gasteiger partial charge in [0.15, 0.2) is 0 Å². The molecule has 1 rings (SSSR count). The number of hydrogen-bond donors (Lipinski definition) is 3. The van der Waals surface area contributed by atoms with Crippen molar-refractivity contribution in [1.82, 2.24) is 15.5 Å². The molecule has 0 aliphatic carbocycles. The molecule has 0 bridgehead atoms. The number of nitrogens with zero attached hydrogens (tertiary/aromatic N) is 1. The Hall–Kier alpha value is -1.30. The molecule has 1 saturated heterocycles. The summed E-state index contributed by atoms with van der Waals surface area (Å²) in [6.07, 6.45) is 0. The lowest BCUT2D eigenvalue weighted by Gasteiger charge is -2.35. The smallest absolute Gasteiger partial charge is 0.312 e. The molecule has 6 nitrogen and oxygen atoms in total. The van der Waals surface area contributed by atoms with E-state index in [9.17, 15) is 9.59 Å². The van der Waals surface area contributed by atoms with Gasteiger partial charge in [0, 0.05) is 25.7 Å². The quantitative estimate of drug-likeness (QED) is 0.543. The second kappa shape index (κ2) is 4.97. The lowest BCUT2D eigenvalue weighted by molar-refractivity contribution is -0.135. The summed E-state index contributed by atoms with van der Waals surface area (Å²) in [5, 5.41) is 5.58. The van der Waals surface area contributed by atoms with E-state index in [1.54, 1.807) is 11.8 Å². The number of rotatable bonds is 2. The zero-order chi connectivity index (χ0) is 11.4. The number of carbonyl (C=O) groups is 2. The van der Waals surface area contributed by atoms with E-state index in [-0.39, 0.29) is 11.9 Å². The summed E-state index contributed by atoms with van der Waals surface area (Å²) in [6, 6.07) is -1.06. The Morgan fingerprint density at radius 1 is 1.60 bits per heavy atom. The first kappa shape index (κ1) is 11.8. The molecule has 0 radical (unpaired) electrons. The van der Waals surface area contributed by atoms with Crippen molar-refractivity contribution in [3.05, 3.63) is 0 Å². The number of nitrogens with one attached hydrogen (secondary N) is 2. The van der Waals surface area contributed by atoms with Gasteiger partial charge >= 0.3 is 6.03 Å². The van der Waals surface area contributed by atoms with Gasteiger partial charge in [-0.05, 0) is 13.8 Å². The van der Waals surface area contributed by atoms with Crippen LogP contribution < -0.4 is 16.4 Å². The highest BCUT2D eigenvalue weighted by molar-refractivity contribution is 5.86. The number of amides is 3. The van der Waals surface area contributed by atoms with Crippen LogP contribution in [-0.4, -0.2) is 48.6 Å². The topological polar surface area (TPSA) is 87.5 Å². The van der Waals surface area contributed by atoms with Gasteiger partial charge in [-0.3, -0.25) is 4.79 Å². The Balaban J connectivity index is 2.54. The third-order valence-electron chi connectivity index (χ3n) is 2.51. The molecular weight excluding hydrogens is 196 g/mol. The Bertz CT molecular complexity index is 256. The van der Waals surface area contributed by atoms with E-state index in [4.69, 9.17) is 5.73 Å². The molecule has 15 heavy (non-hydrogen) atoms. The highest BCUT2D eigenvalue weighted by Gasteiger charge is 2.27. The van der Waals surface area contributed by atoms with Gasteiger partial charge in [-0.1, -0.05) is 0 Å². The summed E-state index contributed by atoms with van der Waals surface area (Å²) < 4.78 is 0. The van der Waals surface area contributed by atoms with E-state index >= 15 is 0 Å². The maximum Gasteiger partial charge on any atom is 0.312 e. The number of primary amides is 1. The molecular formula is C9H18N4O2. The zero-order valence-corrected chi connectivity index (χ0v) is 9.12. The molecule has 0 spiro atoms. The van der Waals surface area contributed by atoms with Crippen molar-refractivity contribution >= 4 is 11.9 Å². The molecule has 1 heterocycles. The summed E-state index contributed by atoms with van der Waals surface area (Å²) in [7, 11) is 0. The van der Waals surface area contributed by atoms with Crippen molar-refractivity contribution in [1.29, 1.82) is 0 Å². The summed E-state index contributed by atoms with van der Waals surface area (Å²) in [6.45, 7) is 5.86. The van der Waals surface area contributed by atoms with E-state index in [1.807, 2.05) is 6.92 Å². The number of carbonyl (C=O) groups excluding carboxylic acids is 2. The number of piperazine rings is 1. The van der Waals surface area contributed by atoms with Crippen molar-refractivity contribution in [2.45, 2.75) is 25.9 Å². The molecule has 0 saturated carbocycles.